The smallest absolute Gasteiger partial charge is 0.344 e. The minimum Gasteiger partial charge on any atom is -0.467 e. The predicted molar refractivity (Wildman–Crippen MR) is 95.5 cm³/mol. The number of esters is 1. The van der Waals surface area contributed by atoms with Crippen molar-refractivity contribution in [2.75, 3.05) is 14.2 Å². The Hall–Kier alpha value is -0.420. The number of ether oxygens (including phenoxy) is 1. The monoisotopic (exact) mass is 502 g/mol. The van der Waals surface area contributed by atoms with Gasteiger partial charge in [0, 0.05) is 56.3 Å². The predicted octanol–water partition coefficient (Wildman–Crippen LogP) is 2.15. The Morgan fingerprint density at radius 3 is 2.70 bits per heavy atom. The van der Waals surface area contributed by atoms with E-state index in [2.05, 4.69) is 52.5 Å². The maximum atomic E-state index is 11.8. The van der Waals surface area contributed by atoms with Gasteiger partial charge in [0.15, 0.2) is 0 Å². The molecule has 0 fully saturated rings. The zero-order chi connectivity index (χ0) is 15.3. The van der Waals surface area contributed by atoms with Gasteiger partial charge >= 0.3 is 5.97 Å². The number of hydrazone groups is 1. The molecule has 0 amide bonds. The van der Waals surface area contributed by atoms with Gasteiger partial charge in [-0.05, 0) is 12.5 Å². The summed E-state index contributed by atoms with van der Waals surface area (Å²) in [6, 6.07) is 5.73. The second kappa shape index (κ2) is 7.55. The molecule has 1 aromatic carbocycles. The highest BCUT2D eigenvalue weighted by molar-refractivity contribution is 15.0. The van der Waals surface area contributed by atoms with Gasteiger partial charge in [-0.3, -0.25) is 0 Å². The normalized spacial score (nSPS) is 21.8. The van der Waals surface area contributed by atoms with Crippen molar-refractivity contribution in [1.29, 1.82) is 0 Å². The molecule has 0 bridgehead atoms. The summed E-state index contributed by atoms with van der Waals surface area (Å²) in [5.41, 5.74) is 3.99. The van der Waals surface area contributed by atoms with Gasteiger partial charge in [0.1, 0.15) is 5.71 Å². The third-order valence-corrected chi connectivity index (χ3v) is 3.10. The minimum absolute atomic E-state index is 0.192. The number of aryl methyl sites for hydroxylation is 1. The van der Waals surface area contributed by atoms with Gasteiger partial charge in [0.2, 0.25) is 5.60 Å². The number of rotatable bonds is 2. The van der Waals surface area contributed by atoms with Crippen LogP contribution in [0.5, 0.6) is 0 Å². The number of hydrogen-bond acceptors (Lipinski definition) is 5. The van der Waals surface area contributed by atoms with Gasteiger partial charge in [0.25, 0.3) is 0 Å². The van der Waals surface area contributed by atoms with Gasteiger partial charge in [-0.1, -0.05) is 23.8 Å². The minimum atomic E-state index is -1.70. The Balaban J connectivity index is 0.000000956. The molecule has 0 aromatic heterocycles. The number of methoxy groups -OCH3 is 1. The van der Waals surface area contributed by atoms with Crippen LogP contribution in [-0.4, -0.2) is 36.5 Å². The molecule has 1 aromatic rings. The molecular formula is C13H16I2N2O3. The Morgan fingerprint density at radius 2 is 2.15 bits per heavy atom. The van der Waals surface area contributed by atoms with Crippen molar-refractivity contribution in [2.24, 2.45) is 5.10 Å². The summed E-state index contributed by atoms with van der Waals surface area (Å²) in [5.74, 6) is -0.689. The zero-order valence-corrected chi connectivity index (χ0v) is 15.7. The van der Waals surface area contributed by atoms with Gasteiger partial charge in [-0.2, -0.15) is 5.10 Å². The Bertz CT molecular complexity index is 534. The molecule has 5 nitrogen and oxygen atoms in total. The van der Waals surface area contributed by atoms with E-state index in [1.807, 2.05) is 25.1 Å². The van der Waals surface area contributed by atoms with Crippen LogP contribution in [0.15, 0.2) is 23.3 Å². The number of benzene rings is 1. The highest BCUT2D eigenvalue weighted by Gasteiger charge is 2.49. The summed E-state index contributed by atoms with van der Waals surface area (Å²) >= 11 is 4.24. The molecule has 0 radical (unpaired) electrons. The number of nitrogens with one attached hydrogen (secondary N) is 1. The van der Waals surface area contributed by atoms with Crippen molar-refractivity contribution in [3.63, 3.8) is 0 Å². The standard InChI is InChI=1S/C13H16N2O3.I2/c1-8-4-5-10-9(6-8)7-13(17,12(16)18-3)11(10)15-14-2;1-2/h4-6,14,17H,7H2,1-3H3;/b15-11-;. The molecular weight excluding hydrogens is 486 g/mol. The molecule has 1 atom stereocenters. The number of carbonyl (C=O) groups excluding carboxylic acids is 1. The summed E-state index contributed by atoms with van der Waals surface area (Å²) < 4.78 is 4.68. The molecule has 0 aliphatic heterocycles. The highest BCUT2D eigenvalue weighted by Crippen LogP contribution is 2.32. The molecule has 2 rings (SSSR count). The molecule has 0 saturated heterocycles. The number of halogens is 2. The zero-order valence-electron chi connectivity index (χ0n) is 11.4. The number of carbonyl (C=O) groups is 1. The third-order valence-electron chi connectivity index (χ3n) is 3.10. The number of nitrogens with zero attached hydrogens (tertiary/aromatic N) is 1. The van der Waals surface area contributed by atoms with Gasteiger partial charge in [-0.15, -0.1) is 0 Å². The molecule has 20 heavy (non-hydrogen) atoms. The summed E-state index contributed by atoms with van der Waals surface area (Å²) in [5, 5.41) is 14.6. The maximum absolute atomic E-state index is 11.8. The van der Waals surface area contributed by atoms with Crippen molar-refractivity contribution < 1.29 is 14.6 Å². The third kappa shape index (κ3) is 3.25. The first-order valence-corrected chi connectivity index (χ1v) is 12.1. The van der Waals surface area contributed by atoms with E-state index in [1.165, 1.54) is 7.11 Å². The van der Waals surface area contributed by atoms with Crippen molar-refractivity contribution in [3.8, 4) is 0 Å². The largest absolute Gasteiger partial charge is 0.467 e. The summed E-state index contributed by atoms with van der Waals surface area (Å²) in [7, 11) is 2.88. The number of aliphatic hydroxyl groups is 1. The summed E-state index contributed by atoms with van der Waals surface area (Å²) in [4.78, 5) is 11.8. The first-order chi connectivity index (χ1) is 9.52. The fourth-order valence-corrected chi connectivity index (χ4v) is 2.28. The second-order valence-electron chi connectivity index (χ2n) is 4.37. The summed E-state index contributed by atoms with van der Waals surface area (Å²) in [6.45, 7) is 1.96. The second-order valence-corrected chi connectivity index (χ2v) is 4.37. The Labute approximate surface area is 141 Å². The lowest BCUT2D eigenvalue weighted by Gasteiger charge is -2.19. The van der Waals surface area contributed by atoms with E-state index < -0.39 is 11.6 Å². The van der Waals surface area contributed by atoms with Crippen LogP contribution in [-0.2, 0) is 16.0 Å². The van der Waals surface area contributed by atoms with Crippen LogP contribution < -0.4 is 5.43 Å². The van der Waals surface area contributed by atoms with E-state index in [0.717, 1.165) is 16.7 Å². The van der Waals surface area contributed by atoms with E-state index in [-0.39, 0.29) is 6.42 Å². The number of hydrogen-bond donors (Lipinski definition) is 2. The topological polar surface area (TPSA) is 70.9 Å². The van der Waals surface area contributed by atoms with E-state index >= 15 is 0 Å². The van der Waals surface area contributed by atoms with Crippen molar-refractivity contribution in [1.82, 2.24) is 5.43 Å². The molecule has 0 saturated carbocycles. The first kappa shape index (κ1) is 17.6. The lowest BCUT2D eigenvalue weighted by atomic mass is 9.99. The van der Waals surface area contributed by atoms with Gasteiger partial charge < -0.3 is 15.3 Å². The fourth-order valence-electron chi connectivity index (χ4n) is 2.28. The lowest BCUT2D eigenvalue weighted by Crippen LogP contribution is -2.46. The van der Waals surface area contributed by atoms with E-state index in [9.17, 15) is 9.90 Å². The number of fused-ring (bicyclic) bond motifs is 1. The molecule has 0 heterocycles. The molecule has 1 aliphatic rings. The van der Waals surface area contributed by atoms with Gasteiger partial charge in [-0.25, -0.2) is 4.79 Å². The van der Waals surface area contributed by atoms with E-state index in [4.69, 9.17) is 0 Å². The molecule has 2 N–H and O–H groups in total. The molecule has 7 heteroatoms. The van der Waals surface area contributed by atoms with Crippen molar-refractivity contribution in [3.05, 3.63) is 34.9 Å². The molecule has 110 valence electrons. The van der Waals surface area contributed by atoms with Crippen LogP contribution in [0.3, 0.4) is 0 Å². The molecule has 1 unspecified atom stereocenters. The molecule has 1 aliphatic carbocycles. The van der Waals surface area contributed by atoms with E-state index in [1.54, 1.807) is 7.05 Å². The van der Waals surface area contributed by atoms with E-state index in [0.29, 0.717) is 5.71 Å². The Kier molecular flexibility index (Phi) is 6.65. The van der Waals surface area contributed by atoms with Crippen LogP contribution in [0.1, 0.15) is 16.7 Å². The summed E-state index contributed by atoms with van der Waals surface area (Å²) in [6.07, 6.45) is 0.192. The maximum Gasteiger partial charge on any atom is 0.344 e. The average molecular weight is 502 g/mol. The molecule has 0 spiro atoms. The highest BCUT2D eigenvalue weighted by atomic mass is 128. The van der Waals surface area contributed by atoms with Crippen LogP contribution in [0.25, 0.3) is 0 Å². The fraction of sp³-hybridized carbons (Fsp3) is 0.385. The van der Waals surface area contributed by atoms with Crippen LogP contribution in [0.4, 0.5) is 0 Å². The first-order valence-electron chi connectivity index (χ1n) is 5.83. The lowest BCUT2D eigenvalue weighted by molar-refractivity contribution is -0.154. The van der Waals surface area contributed by atoms with Gasteiger partial charge in [0.05, 0.1) is 7.11 Å². The van der Waals surface area contributed by atoms with Crippen molar-refractivity contribution in [2.45, 2.75) is 18.9 Å². The average Bonchev–Trinajstić information content (AvgIpc) is 2.73. The van der Waals surface area contributed by atoms with Crippen LogP contribution in [0, 0.1) is 6.92 Å². The van der Waals surface area contributed by atoms with Crippen molar-refractivity contribution >= 4 is 48.9 Å². The Morgan fingerprint density at radius 1 is 1.50 bits per heavy atom. The van der Waals surface area contributed by atoms with Crippen LogP contribution >= 0.6 is 37.2 Å². The van der Waals surface area contributed by atoms with Crippen LogP contribution in [0.2, 0.25) is 0 Å². The quantitative estimate of drug-likeness (QED) is 0.370. The SMILES string of the molecule is CN/N=C1/c2ccc(C)cc2CC1(O)C(=O)OC.II.